The first kappa shape index (κ1) is 18.8. The van der Waals surface area contributed by atoms with Crippen molar-refractivity contribution in [3.8, 4) is 0 Å². The molecular formula is C19H19N3O4S2. The molecule has 1 aromatic carbocycles. The van der Waals surface area contributed by atoms with Crippen LogP contribution in [0.15, 0.2) is 35.4 Å². The summed E-state index contributed by atoms with van der Waals surface area (Å²) in [4.78, 5) is 31.9. The molecule has 0 saturated carbocycles. The van der Waals surface area contributed by atoms with E-state index >= 15 is 0 Å². The van der Waals surface area contributed by atoms with E-state index in [1.807, 2.05) is 0 Å². The first-order valence-corrected chi connectivity index (χ1v) is 11.5. The van der Waals surface area contributed by atoms with Crippen molar-refractivity contribution in [2.45, 2.75) is 25.8 Å². The highest BCUT2D eigenvalue weighted by Gasteiger charge is 2.22. The van der Waals surface area contributed by atoms with E-state index in [2.05, 4.69) is 4.98 Å². The molecule has 146 valence electrons. The number of anilines is 1. The zero-order valence-corrected chi connectivity index (χ0v) is 17.1. The van der Waals surface area contributed by atoms with Crippen LogP contribution in [0.1, 0.15) is 27.2 Å². The molecule has 0 bridgehead atoms. The Bertz CT molecular complexity index is 1240. The lowest BCUT2D eigenvalue weighted by atomic mass is 10.1. The van der Waals surface area contributed by atoms with Gasteiger partial charge in [-0.2, -0.15) is 0 Å². The Morgan fingerprint density at radius 1 is 1.25 bits per heavy atom. The molecule has 2 heterocycles. The third-order valence-corrected chi connectivity index (χ3v) is 7.46. The van der Waals surface area contributed by atoms with Gasteiger partial charge in [-0.25, -0.2) is 13.4 Å². The minimum Gasteiger partial charge on any atom is -0.292 e. The number of fused-ring (bicyclic) bond motifs is 3. The van der Waals surface area contributed by atoms with Gasteiger partial charge in [0.25, 0.3) is 5.56 Å². The van der Waals surface area contributed by atoms with Crippen LogP contribution >= 0.6 is 11.3 Å². The van der Waals surface area contributed by atoms with Gasteiger partial charge in [-0.05, 0) is 49.1 Å². The van der Waals surface area contributed by atoms with Crippen LogP contribution in [-0.4, -0.2) is 37.1 Å². The topological polar surface area (TPSA) is 89.3 Å². The van der Waals surface area contributed by atoms with E-state index < -0.39 is 10.0 Å². The Labute approximate surface area is 166 Å². The largest absolute Gasteiger partial charge is 0.292 e. The number of thiophene rings is 1. The van der Waals surface area contributed by atoms with Gasteiger partial charge in [0.1, 0.15) is 4.83 Å². The van der Waals surface area contributed by atoms with E-state index in [0.717, 1.165) is 40.2 Å². The number of rotatable bonds is 5. The quantitative estimate of drug-likeness (QED) is 0.594. The fourth-order valence-corrected chi connectivity index (χ4v) is 5.15. The zero-order valence-electron chi connectivity index (χ0n) is 15.5. The number of carbonyl (C=O) groups excluding carboxylic acids is 1. The molecule has 2 aromatic heterocycles. The SMILES string of the molecule is CN(c1ccc(C(=O)Cn2cnc3sc4c(c3c2=O)CCC4)cc1)S(C)(=O)=O. The Morgan fingerprint density at radius 2 is 1.96 bits per heavy atom. The van der Waals surface area contributed by atoms with Gasteiger partial charge < -0.3 is 0 Å². The van der Waals surface area contributed by atoms with Gasteiger partial charge in [-0.3, -0.25) is 18.5 Å². The molecule has 28 heavy (non-hydrogen) atoms. The van der Waals surface area contributed by atoms with Crippen molar-refractivity contribution in [1.82, 2.24) is 9.55 Å². The molecule has 0 N–H and O–H groups in total. The second-order valence-electron chi connectivity index (χ2n) is 6.92. The molecule has 1 aliphatic rings. The minimum absolute atomic E-state index is 0.104. The Kier molecular flexibility index (Phi) is 4.59. The number of benzene rings is 1. The summed E-state index contributed by atoms with van der Waals surface area (Å²) in [6.45, 7) is -0.104. The fourth-order valence-electron chi connectivity index (χ4n) is 3.43. The minimum atomic E-state index is -3.37. The summed E-state index contributed by atoms with van der Waals surface area (Å²) in [5.74, 6) is -0.233. The molecule has 0 amide bonds. The lowest BCUT2D eigenvalue weighted by Gasteiger charge is -2.16. The van der Waals surface area contributed by atoms with Crippen molar-refractivity contribution < 1.29 is 13.2 Å². The molecule has 9 heteroatoms. The van der Waals surface area contributed by atoms with Crippen LogP contribution in [0.3, 0.4) is 0 Å². The normalized spacial score (nSPS) is 13.6. The van der Waals surface area contributed by atoms with E-state index in [0.29, 0.717) is 16.6 Å². The number of sulfonamides is 1. The molecule has 0 aliphatic heterocycles. The summed E-state index contributed by atoms with van der Waals surface area (Å²) >= 11 is 1.57. The van der Waals surface area contributed by atoms with Gasteiger partial charge >= 0.3 is 0 Å². The van der Waals surface area contributed by atoms with Gasteiger partial charge in [0.05, 0.1) is 30.2 Å². The zero-order chi connectivity index (χ0) is 20.1. The number of aryl methyl sites for hydroxylation is 2. The number of carbonyl (C=O) groups is 1. The van der Waals surface area contributed by atoms with E-state index in [-0.39, 0.29) is 17.9 Å². The van der Waals surface area contributed by atoms with Gasteiger partial charge in [0.2, 0.25) is 10.0 Å². The monoisotopic (exact) mass is 417 g/mol. The van der Waals surface area contributed by atoms with E-state index in [9.17, 15) is 18.0 Å². The molecule has 7 nitrogen and oxygen atoms in total. The average molecular weight is 418 g/mol. The predicted molar refractivity (Wildman–Crippen MR) is 110 cm³/mol. The summed E-state index contributed by atoms with van der Waals surface area (Å²) in [5, 5.41) is 0.651. The van der Waals surface area contributed by atoms with Crippen LogP contribution in [0.25, 0.3) is 10.2 Å². The Balaban J connectivity index is 1.60. The van der Waals surface area contributed by atoms with Crippen molar-refractivity contribution in [3.05, 3.63) is 57.0 Å². The van der Waals surface area contributed by atoms with Gasteiger partial charge in [-0.15, -0.1) is 11.3 Å². The van der Waals surface area contributed by atoms with Gasteiger partial charge in [-0.1, -0.05) is 0 Å². The summed E-state index contributed by atoms with van der Waals surface area (Å²) in [5.41, 5.74) is 1.79. The molecule has 0 fully saturated rings. The van der Waals surface area contributed by atoms with Crippen LogP contribution in [0.5, 0.6) is 0 Å². The smallest absolute Gasteiger partial charge is 0.262 e. The van der Waals surface area contributed by atoms with Crippen LogP contribution in [0.2, 0.25) is 0 Å². The Morgan fingerprint density at radius 3 is 2.64 bits per heavy atom. The van der Waals surface area contributed by atoms with Crippen LogP contribution in [0, 0.1) is 0 Å². The summed E-state index contributed by atoms with van der Waals surface area (Å²) in [6, 6.07) is 6.28. The average Bonchev–Trinajstić information content (AvgIpc) is 3.23. The highest BCUT2D eigenvalue weighted by atomic mass is 32.2. The molecule has 3 aromatic rings. The standard InChI is InChI=1S/C19H19N3O4S2/c1-21(28(2,25)26)13-8-6-12(7-9-13)15(23)10-22-11-20-18-17(19(22)24)14-4-3-5-16(14)27-18/h6-9,11H,3-5,10H2,1-2H3. The summed E-state index contributed by atoms with van der Waals surface area (Å²) in [7, 11) is -1.92. The van der Waals surface area contributed by atoms with E-state index in [1.165, 1.54) is 22.8 Å². The van der Waals surface area contributed by atoms with Gasteiger partial charge in [0.15, 0.2) is 5.78 Å². The van der Waals surface area contributed by atoms with E-state index in [1.54, 1.807) is 35.6 Å². The third kappa shape index (κ3) is 3.24. The van der Waals surface area contributed by atoms with Crippen LogP contribution < -0.4 is 9.86 Å². The second-order valence-corrected chi connectivity index (χ2v) is 10.0. The maximum atomic E-state index is 12.9. The van der Waals surface area contributed by atoms with Crippen molar-refractivity contribution >= 4 is 43.0 Å². The molecule has 4 rings (SSSR count). The number of hydrogen-bond acceptors (Lipinski definition) is 6. The lowest BCUT2D eigenvalue weighted by molar-refractivity contribution is 0.0970. The number of ketones is 1. The molecule has 0 atom stereocenters. The van der Waals surface area contributed by atoms with Crippen molar-refractivity contribution in [3.63, 3.8) is 0 Å². The molecular weight excluding hydrogens is 398 g/mol. The number of nitrogens with zero attached hydrogens (tertiary/aromatic N) is 3. The van der Waals surface area contributed by atoms with Crippen molar-refractivity contribution in [2.75, 3.05) is 17.6 Å². The number of hydrogen-bond donors (Lipinski definition) is 0. The first-order chi connectivity index (χ1) is 13.3. The summed E-state index contributed by atoms with van der Waals surface area (Å²) < 4.78 is 25.7. The molecule has 0 unspecified atom stereocenters. The number of Topliss-reactive ketones (excluding diaryl/α,β-unsaturated/α-hetero) is 1. The van der Waals surface area contributed by atoms with Crippen LogP contribution in [0.4, 0.5) is 5.69 Å². The van der Waals surface area contributed by atoms with Crippen molar-refractivity contribution in [2.24, 2.45) is 0 Å². The highest BCUT2D eigenvalue weighted by molar-refractivity contribution is 7.92. The predicted octanol–water partition coefficient (Wildman–Crippen LogP) is 2.23. The van der Waals surface area contributed by atoms with E-state index in [4.69, 9.17) is 0 Å². The maximum absolute atomic E-state index is 12.9. The molecule has 0 spiro atoms. The summed E-state index contributed by atoms with van der Waals surface area (Å²) in [6.07, 6.45) is 5.48. The molecule has 0 saturated heterocycles. The second kappa shape index (κ2) is 6.82. The fraction of sp³-hybridized carbons (Fsp3) is 0.316. The number of aromatic nitrogens is 2. The first-order valence-electron chi connectivity index (χ1n) is 8.82. The third-order valence-electron chi connectivity index (χ3n) is 5.06. The lowest BCUT2D eigenvalue weighted by Crippen LogP contribution is -2.25. The highest BCUT2D eigenvalue weighted by Crippen LogP contribution is 2.34. The van der Waals surface area contributed by atoms with Crippen molar-refractivity contribution in [1.29, 1.82) is 0 Å². The Hall–Kier alpha value is -2.52. The molecule has 1 aliphatic carbocycles. The molecule has 0 radical (unpaired) electrons. The maximum Gasteiger partial charge on any atom is 0.262 e. The van der Waals surface area contributed by atoms with Crippen LogP contribution in [-0.2, 0) is 29.4 Å². The van der Waals surface area contributed by atoms with Gasteiger partial charge in [0, 0.05) is 17.5 Å².